The van der Waals surface area contributed by atoms with Crippen LogP contribution in [0.4, 0.5) is 0 Å². The van der Waals surface area contributed by atoms with Crippen LogP contribution in [0.3, 0.4) is 0 Å². The minimum atomic E-state index is 0.276. The maximum atomic E-state index is 9.08. The van der Waals surface area contributed by atoms with Gasteiger partial charge >= 0.3 is 0 Å². The van der Waals surface area contributed by atoms with Gasteiger partial charge in [0.2, 0.25) is 0 Å². The first-order valence-corrected chi connectivity index (χ1v) is 5.33. The van der Waals surface area contributed by atoms with Gasteiger partial charge in [0.15, 0.2) is 3.92 Å². The Balaban J connectivity index is 2.41. The number of phenols is 1. The van der Waals surface area contributed by atoms with E-state index in [0.717, 1.165) is 15.2 Å². The third-order valence-electron chi connectivity index (χ3n) is 1.64. The van der Waals surface area contributed by atoms with Crippen molar-refractivity contribution in [1.82, 2.24) is 4.98 Å². The molecule has 4 heteroatoms. The Bertz CT molecular complexity index is 410. The Morgan fingerprint density at radius 1 is 1.23 bits per heavy atom. The van der Waals surface area contributed by atoms with Crippen LogP contribution in [-0.2, 0) is 0 Å². The zero-order valence-corrected chi connectivity index (χ0v) is 8.97. The van der Waals surface area contributed by atoms with Crippen molar-refractivity contribution in [1.29, 1.82) is 0 Å². The number of benzene rings is 1. The Morgan fingerprint density at radius 3 is 2.46 bits per heavy atom. The minimum absolute atomic E-state index is 0.276. The van der Waals surface area contributed by atoms with Gasteiger partial charge in [0.25, 0.3) is 0 Å². The molecule has 0 spiro atoms. The molecular weight excluding hydrogens is 250 g/mol. The molecule has 0 aliphatic heterocycles. The second kappa shape index (κ2) is 3.47. The summed E-state index contributed by atoms with van der Waals surface area (Å²) in [5.41, 5.74) is 1.94. The molecule has 0 bridgehead atoms. The molecule has 1 heterocycles. The lowest BCUT2D eigenvalue weighted by Gasteiger charge is -1.95. The van der Waals surface area contributed by atoms with Crippen molar-refractivity contribution >= 4 is 27.3 Å². The van der Waals surface area contributed by atoms with Gasteiger partial charge < -0.3 is 5.11 Å². The highest BCUT2D eigenvalue weighted by Gasteiger charge is 2.01. The zero-order chi connectivity index (χ0) is 9.26. The summed E-state index contributed by atoms with van der Waals surface area (Å²) >= 11 is 4.85. The molecule has 0 atom stereocenters. The predicted octanol–water partition coefficient (Wildman–Crippen LogP) is 3.28. The van der Waals surface area contributed by atoms with Crippen LogP contribution in [0.25, 0.3) is 11.3 Å². The van der Waals surface area contributed by atoms with Gasteiger partial charge in [-0.05, 0) is 40.2 Å². The highest BCUT2D eigenvalue weighted by Crippen LogP contribution is 2.25. The standard InChI is InChI=1S/C9H6BrNOS/c10-9-11-8(5-13-9)6-1-3-7(12)4-2-6/h1-5,12H. The number of phenolic OH excluding ortho intramolecular Hbond substituents is 1. The molecule has 0 unspecified atom stereocenters. The van der Waals surface area contributed by atoms with Crippen LogP contribution in [0.5, 0.6) is 5.75 Å². The van der Waals surface area contributed by atoms with Crippen LogP contribution in [0.1, 0.15) is 0 Å². The lowest BCUT2D eigenvalue weighted by molar-refractivity contribution is 0.475. The second-order valence-corrected chi connectivity index (χ2v) is 4.67. The molecule has 0 saturated carbocycles. The fraction of sp³-hybridized carbons (Fsp3) is 0. The van der Waals surface area contributed by atoms with Crippen molar-refractivity contribution in [2.45, 2.75) is 0 Å². The Kier molecular flexibility index (Phi) is 2.33. The van der Waals surface area contributed by atoms with Crippen molar-refractivity contribution in [3.8, 4) is 17.0 Å². The molecule has 0 aliphatic carbocycles. The van der Waals surface area contributed by atoms with Gasteiger partial charge in [-0.15, -0.1) is 11.3 Å². The molecule has 13 heavy (non-hydrogen) atoms. The molecule has 2 nitrogen and oxygen atoms in total. The molecule has 0 radical (unpaired) electrons. The molecule has 1 N–H and O–H groups in total. The first-order valence-electron chi connectivity index (χ1n) is 3.66. The van der Waals surface area contributed by atoms with E-state index in [2.05, 4.69) is 20.9 Å². The largest absolute Gasteiger partial charge is 0.508 e. The summed E-state index contributed by atoms with van der Waals surface area (Å²) in [6, 6.07) is 7.00. The second-order valence-electron chi connectivity index (χ2n) is 2.53. The number of aromatic hydroxyl groups is 1. The molecule has 66 valence electrons. The smallest absolute Gasteiger partial charge is 0.159 e. The summed E-state index contributed by atoms with van der Waals surface area (Å²) in [7, 11) is 0. The van der Waals surface area contributed by atoms with Crippen LogP contribution in [-0.4, -0.2) is 10.1 Å². The van der Waals surface area contributed by atoms with E-state index in [9.17, 15) is 0 Å². The van der Waals surface area contributed by atoms with Gasteiger partial charge in [0.1, 0.15) is 5.75 Å². The van der Waals surface area contributed by atoms with Crippen molar-refractivity contribution in [3.05, 3.63) is 33.6 Å². The van der Waals surface area contributed by atoms with E-state index in [1.165, 1.54) is 0 Å². The normalized spacial score (nSPS) is 10.2. The van der Waals surface area contributed by atoms with Crippen molar-refractivity contribution in [2.24, 2.45) is 0 Å². The number of halogens is 1. The Hall–Kier alpha value is -0.870. The van der Waals surface area contributed by atoms with Crippen LogP contribution < -0.4 is 0 Å². The topological polar surface area (TPSA) is 33.1 Å². The van der Waals surface area contributed by atoms with Gasteiger partial charge in [-0.1, -0.05) is 0 Å². The molecule has 2 rings (SSSR count). The van der Waals surface area contributed by atoms with E-state index in [1.54, 1.807) is 23.5 Å². The van der Waals surface area contributed by atoms with E-state index in [0.29, 0.717) is 0 Å². The number of thiazole rings is 1. The van der Waals surface area contributed by atoms with Gasteiger partial charge in [-0.25, -0.2) is 4.98 Å². The Morgan fingerprint density at radius 2 is 1.92 bits per heavy atom. The van der Waals surface area contributed by atoms with Gasteiger partial charge in [0.05, 0.1) is 5.69 Å². The van der Waals surface area contributed by atoms with E-state index >= 15 is 0 Å². The quantitative estimate of drug-likeness (QED) is 0.849. The molecular formula is C9H6BrNOS. The van der Waals surface area contributed by atoms with E-state index in [4.69, 9.17) is 5.11 Å². The maximum Gasteiger partial charge on any atom is 0.159 e. The van der Waals surface area contributed by atoms with Gasteiger partial charge in [-0.2, -0.15) is 0 Å². The third-order valence-corrected chi connectivity index (χ3v) is 3.00. The molecule has 1 aromatic carbocycles. The average Bonchev–Trinajstić information content (AvgIpc) is 2.53. The number of hydrogen-bond acceptors (Lipinski definition) is 3. The Labute approximate surface area is 88.0 Å². The summed E-state index contributed by atoms with van der Waals surface area (Å²) in [4.78, 5) is 4.26. The van der Waals surface area contributed by atoms with E-state index < -0.39 is 0 Å². The molecule has 1 aromatic heterocycles. The van der Waals surface area contributed by atoms with Crippen LogP contribution in [0, 0.1) is 0 Å². The SMILES string of the molecule is Oc1ccc(-c2csc(Br)n2)cc1. The molecule has 0 fully saturated rings. The zero-order valence-electron chi connectivity index (χ0n) is 6.57. The van der Waals surface area contributed by atoms with Crippen molar-refractivity contribution < 1.29 is 5.11 Å². The number of nitrogens with zero attached hydrogens (tertiary/aromatic N) is 1. The van der Waals surface area contributed by atoms with Crippen LogP contribution in [0.15, 0.2) is 33.6 Å². The first kappa shape index (κ1) is 8.72. The minimum Gasteiger partial charge on any atom is -0.508 e. The third kappa shape index (κ3) is 1.89. The summed E-state index contributed by atoms with van der Waals surface area (Å²) in [5.74, 6) is 0.276. The summed E-state index contributed by atoms with van der Waals surface area (Å²) in [5, 5.41) is 11.1. The number of aromatic nitrogens is 1. The van der Waals surface area contributed by atoms with E-state index in [-0.39, 0.29) is 5.75 Å². The summed E-state index contributed by atoms with van der Waals surface area (Å²) in [6.07, 6.45) is 0. The van der Waals surface area contributed by atoms with Crippen molar-refractivity contribution in [2.75, 3.05) is 0 Å². The van der Waals surface area contributed by atoms with Crippen molar-refractivity contribution in [3.63, 3.8) is 0 Å². The van der Waals surface area contributed by atoms with Crippen LogP contribution in [0.2, 0.25) is 0 Å². The highest BCUT2D eigenvalue weighted by atomic mass is 79.9. The maximum absolute atomic E-state index is 9.08. The fourth-order valence-corrected chi connectivity index (χ4v) is 2.04. The summed E-state index contributed by atoms with van der Waals surface area (Å²) in [6.45, 7) is 0. The molecule has 0 amide bonds. The van der Waals surface area contributed by atoms with Gasteiger partial charge in [0, 0.05) is 10.9 Å². The van der Waals surface area contributed by atoms with E-state index in [1.807, 2.05) is 17.5 Å². The molecule has 2 aromatic rings. The first-order chi connectivity index (χ1) is 6.25. The van der Waals surface area contributed by atoms with Crippen LogP contribution >= 0.6 is 27.3 Å². The number of rotatable bonds is 1. The predicted molar refractivity (Wildman–Crippen MR) is 56.9 cm³/mol. The molecule has 0 saturated heterocycles. The highest BCUT2D eigenvalue weighted by molar-refractivity contribution is 9.11. The monoisotopic (exact) mass is 255 g/mol. The molecule has 0 aliphatic rings. The fourth-order valence-electron chi connectivity index (χ4n) is 1.02. The number of hydrogen-bond donors (Lipinski definition) is 1. The lowest BCUT2D eigenvalue weighted by Crippen LogP contribution is -1.75. The van der Waals surface area contributed by atoms with Gasteiger partial charge in [-0.3, -0.25) is 0 Å². The lowest BCUT2D eigenvalue weighted by atomic mass is 10.2. The summed E-state index contributed by atoms with van der Waals surface area (Å²) < 4.78 is 0.871. The average molecular weight is 256 g/mol.